The van der Waals surface area contributed by atoms with Crippen molar-refractivity contribution in [2.24, 2.45) is 0 Å². The van der Waals surface area contributed by atoms with E-state index in [0.29, 0.717) is 5.56 Å². The summed E-state index contributed by atoms with van der Waals surface area (Å²) in [4.78, 5) is 54.6. The monoisotopic (exact) mass is 476 g/mol. The number of rotatable bonds is 6. The van der Waals surface area contributed by atoms with Crippen LogP contribution in [0.5, 0.6) is 5.75 Å². The topological polar surface area (TPSA) is 112 Å². The van der Waals surface area contributed by atoms with Crippen molar-refractivity contribution in [3.63, 3.8) is 0 Å². The number of hydrogen-bond acceptors (Lipinski definition) is 6. The van der Waals surface area contributed by atoms with E-state index in [1.54, 1.807) is 17.0 Å². The second kappa shape index (κ2) is 9.12. The number of piperazine rings is 1. The molecule has 12 heteroatoms. The predicted molar refractivity (Wildman–Crippen MR) is 112 cm³/mol. The number of halogens is 2. The zero-order valence-electron chi connectivity index (χ0n) is 18.2. The van der Waals surface area contributed by atoms with E-state index in [1.165, 1.54) is 42.4 Å². The van der Waals surface area contributed by atoms with Gasteiger partial charge >= 0.3 is 12.6 Å². The minimum absolute atomic E-state index is 0.0872. The number of nitrogens with one attached hydrogen (secondary N) is 1. The van der Waals surface area contributed by atoms with Gasteiger partial charge in [0.25, 0.3) is 11.8 Å². The largest absolute Gasteiger partial charge is 0.459 e. The molecular weight excluding hydrogens is 454 g/mol. The first-order valence-corrected chi connectivity index (χ1v) is 10.5. The first kappa shape index (κ1) is 23.2. The standard InChI is InChI=1S/C22H22F2N4O6/c1-22(14-4-6-15(7-5-14)34-20(23)24)19(31)28(21(32)25-22)13-17(29)26-8-10-27(11-9-26)18(30)16-3-2-12-33-16/h2-7,12,20H,8-11,13H2,1H3,(H,25,32)/t22-/m0/s1. The minimum atomic E-state index is -2.99. The van der Waals surface area contributed by atoms with E-state index in [2.05, 4.69) is 10.1 Å². The van der Waals surface area contributed by atoms with Crippen LogP contribution in [0, 0.1) is 0 Å². The maximum absolute atomic E-state index is 13.0. The van der Waals surface area contributed by atoms with Gasteiger partial charge in [-0.05, 0) is 36.8 Å². The molecule has 1 aromatic heterocycles. The molecule has 180 valence electrons. The van der Waals surface area contributed by atoms with Crippen LogP contribution in [-0.4, -0.2) is 77.8 Å². The predicted octanol–water partition coefficient (Wildman–Crippen LogP) is 1.63. The second-order valence-electron chi connectivity index (χ2n) is 8.00. The molecule has 2 aromatic rings. The molecule has 2 aliphatic heterocycles. The fraction of sp³-hybridized carbons (Fsp3) is 0.364. The van der Waals surface area contributed by atoms with Crippen LogP contribution in [-0.2, 0) is 15.1 Å². The van der Waals surface area contributed by atoms with Gasteiger partial charge in [-0.2, -0.15) is 8.78 Å². The van der Waals surface area contributed by atoms with Crippen LogP contribution in [0.15, 0.2) is 47.1 Å². The van der Waals surface area contributed by atoms with E-state index in [-0.39, 0.29) is 43.6 Å². The molecular formula is C22H22F2N4O6. The van der Waals surface area contributed by atoms with Crippen LogP contribution in [0.25, 0.3) is 0 Å². The molecule has 0 radical (unpaired) electrons. The smallest absolute Gasteiger partial charge is 0.387 e. The highest BCUT2D eigenvalue weighted by Gasteiger charge is 2.49. The van der Waals surface area contributed by atoms with E-state index in [9.17, 15) is 28.0 Å². The highest BCUT2D eigenvalue weighted by Crippen LogP contribution is 2.30. The van der Waals surface area contributed by atoms with Crippen LogP contribution in [0.4, 0.5) is 13.6 Å². The second-order valence-corrected chi connectivity index (χ2v) is 8.00. The fourth-order valence-corrected chi connectivity index (χ4v) is 3.96. The minimum Gasteiger partial charge on any atom is -0.459 e. The summed E-state index contributed by atoms with van der Waals surface area (Å²) in [7, 11) is 0. The van der Waals surface area contributed by atoms with Crippen molar-refractivity contribution in [2.75, 3.05) is 32.7 Å². The van der Waals surface area contributed by atoms with Crippen molar-refractivity contribution >= 4 is 23.8 Å². The van der Waals surface area contributed by atoms with E-state index < -0.39 is 36.5 Å². The summed E-state index contributed by atoms with van der Waals surface area (Å²) in [5.74, 6) is -1.21. The zero-order chi connectivity index (χ0) is 24.5. The number of amides is 5. The van der Waals surface area contributed by atoms with Gasteiger partial charge in [-0.1, -0.05) is 12.1 Å². The summed E-state index contributed by atoms with van der Waals surface area (Å²) in [6, 6.07) is 7.78. The first-order chi connectivity index (χ1) is 16.2. The molecule has 5 amide bonds. The maximum Gasteiger partial charge on any atom is 0.387 e. The van der Waals surface area contributed by atoms with Gasteiger partial charge in [0, 0.05) is 26.2 Å². The van der Waals surface area contributed by atoms with E-state index in [4.69, 9.17) is 4.42 Å². The van der Waals surface area contributed by atoms with E-state index >= 15 is 0 Å². The molecule has 3 heterocycles. The Morgan fingerprint density at radius 2 is 1.74 bits per heavy atom. The van der Waals surface area contributed by atoms with Crippen molar-refractivity contribution in [1.82, 2.24) is 20.0 Å². The molecule has 4 rings (SSSR count). The van der Waals surface area contributed by atoms with Gasteiger partial charge in [0.1, 0.15) is 17.8 Å². The van der Waals surface area contributed by atoms with Crippen LogP contribution in [0.2, 0.25) is 0 Å². The fourth-order valence-electron chi connectivity index (χ4n) is 3.96. The number of ether oxygens (including phenoxy) is 1. The molecule has 1 aromatic carbocycles. The van der Waals surface area contributed by atoms with Crippen molar-refractivity contribution in [3.05, 3.63) is 54.0 Å². The summed E-state index contributed by atoms with van der Waals surface area (Å²) in [6.45, 7) is -0.901. The Bertz CT molecular complexity index is 1080. The SMILES string of the molecule is C[C@@]1(c2ccc(OC(F)F)cc2)NC(=O)N(CC(=O)N2CCN(C(=O)c3ccco3)CC2)C1=O. The molecule has 0 bridgehead atoms. The highest BCUT2D eigenvalue weighted by atomic mass is 19.3. The molecule has 2 saturated heterocycles. The summed E-state index contributed by atoms with van der Waals surface area (Å²) in [6.07, 6.45) is 1.41. The number of nitrogens with zero attached hydrogens (tertiary/aromatic N) is 3. The first-order valence-electron chi connectivity index (χ1n) is 10.5. The maximum atomic E-state index is 13.0. The van der Waals surface area contributed by atoms with Crippen LogP contribution in [0.3, 0.4) is 0 Å². The number of imide groups is 1. The Morgan fingerprint density at radius 3 is 2.32 bits per heavy atom. The molecule has 10 nitrogen and oxygen atoms in total. The summed E-state index contributed by atoms with van der Waals surface area (Å²) < 4.78 is 34.1. The molecule has 2 aliphatic rings. The van der Waals surface area contributed by atoms with Gasteiger partial charge in [0.15, 0.2) is 5.76 Å². The van der Waals surface area contributed by atoms with Crippen LogP contribution in [0.1, 0.15) is 23.0 Å². The van der Waals surface area contributed by atoms with Crippen LogP contribution < -0.4 is 10.1 Å². The third-order valence-corrected chi connectivity index (χ3v) is 5.88. The van der Waals surface area contributed by atoms with Gasteiger partial charge in [0.2, 0.25) is 5.91 Å². The lowest BCUT2D eigenvalue weighted by molar-refractivity contribution is -0.139. The van der Waals surface area contributed by atoms with Gasteiger partial charge in [-0.25, -0.2) is 4.79 Å². The van der Waals surface area contributed by atoms with Gasteiger partial charge < -0.3 is 24.3 Å². The van der Waals surface area contributed by atoms with E-state index in [1.807, 2.05) is 0 Å². The number of carbonyl (C=O) groups excluding carboxylic acids is 4. The number of alkyl halides is 2. The Hall–Kier alpha value is -3.96. The normalized spacial score (nSPS) is 20.6. The average molecular weight is 476 g/mol. The van der Waals surface area contributed by atoms with Crippen molar-refractivity contribution in [2.45, 2.75) is 19.1 Å². The number of benzene rings is 1. The highest BCUT2D eigenvalue weighted by molar-refractivity contribution is 6.09. The van der Waals surface area contributed by atoms with Crippen molar-refractivity contribution in [1.29, 1.82) is 0 Å². The quantitative estimate of drug-likeness (QED) is 0.635. The zero-order valence-corrected chi connectivity index (χ0v) is 18.2. The van der Waals surface area contributed by atoms with Gasteiger partial charge in [-0.15, -0.1) is 0 Å². The van der Waals surface area contributed by atoms with Gasteiger partial charge in [-0.3, -0.25) is 19.3 Å². The molecule has 0 saturated carbocycles. The van der Waals surface area contributed by atoms with Crippen molar-refractivity contribution in [3.8, 4) is 5.75 Å². The van der Waals surface area contributed by atoms with Crippen molar-refractivity contribution < 1.29 is 37.1 Å². The molecule has 34 heavy (non-hydrogen) atoms. The van der Waals surface area contributed by atoms with Crippen LogP contribution >= 0.6 is 0 Å². The third-order valence-electron chi connectivity index (χ3n) is 5.88. The molecule has 0 aliphatic carbocycles. The van der Waals surface area contributed by atoms with Gasteiger partial charge in [0.05, 0.1) is 6.26 Å². The molecule has 0 spiro atoms. The molecule has 0 unspecified atom stereocenters. The Balaban J connectivity index is 1.37. The average Bonchev–Trinajstić information content (AvgIpc) is 3.43. The Morgan fingerprint density at radius 1 is 1.09 bits per heavy atom. The Labute approximate surface area is 193 Å². The third kappa shape index (κ3) is 4.43. The summed E-state index contributed by atoms with van der Waals surface area (Å²) in [5.41, 5.74) is -1.11. The molecule has 1 N–H and O–H groups in total. The Kier molecular flexibility index (Phi) is 6.22. The molecule has 1 atom stereocenters. The summed E-state index contributed by atoms with van der Waals surface area (Å²) >= 11 is 0. The summed E-state index contributed by atoms with van der Waals surface area (Å²) in [5, 5.41) is 2.57. The lowest BCUT2D eigenvalue weighted by atomic mass is 9.92. The lowest BCUT2D eigenvalue weighted by Crippen LogP contribution is -2.53. The van der Waals surface area contributed by atoms with E-state index in [0.717, 1.165) is 4.90 Å². The number of furan rings is 1. The number of hydrogen-bond donors (Lipinski definition) is 1. The lowest BCUT2D eigenvalue weighted by Gasteiger charge is -2.34. The number of carbonyl (C=O) groups is 4. The number of urea groups is 1. The molecule has 2 fully saturated rings.